The van der Waals surface area contributed by atoms with E-state index in [1.54, 1.807) is 0 Å². The first kappa shape index (κ1) is 14.2. The quantitative estimate of drug-likeness (QED) is 0.583. The minimum atomic E-state index is 1.12. The Balaban J connectivity index is 1.87. The molecule has 0 spiro atoms. The molecule has 17 heavy (non-hydrogen) atoms. The predicted molar refractivity (Wildman–Crippen MR) is 73.1 cm³/mol. The summed E-state index contributed by atoms with van der Waals surface area (Å²) in [6.45, 7) is 9.27. The highest BCUT2D eigenvalue weighted by atomic mass is 15.1. The number of aromatic nitrogens is 2. The summed E-state index contributed by atoms with van der Waals surface area (Å²) in [6, 6.07) is 0. The largest absolute Gasteiger partial charge is 0.337 e. The van der Waals surface area contributed by atoms with Gasteiger partial charge in [-0.3, -0.25) is 0 Å². The van der Waals surface area contributed by atoms with Gasteiger partial charge in [-0.2, -0.15) is 0 Å². The smallest absolute Gasteiger partial charge is 0.0945 e. The van der Waals surface area contributed by atoms with Crippen molar-refractivity contribution in [2.45, 2.75) is 52.5 Å². The molecular weight excluding hydrogens is 210 g/mol. The summed E-state index contributed by atoms with van der Waals surface area (Å²) >= 11 is 0. The lowest BCUT2D eigenvalue weighted by molar-refractivity contribution is 0.295. The van der Waals surface area contributed by atoms with E-state index >= 15 is 0 Å². The first-order valence-electron chi connectivity index (χ1n) is 7.05. The van der Waals surface area contributed by atoms with Crippen LogP contribution in [0.25, 0.3) is 0 Å². The third kappa shape index (κ3) is 6.47. The molecule has 1 aromatic heterocycles. The van der Waals surface area contributed by atoms with Crippen molar-refractivity contribution in [3.63, 3.8) is 0 Å². The topological polar surface area (TPSA) is 21.1 Å². The van der Waals surface area contributed by atoms with Gasteiger partial charge in [0.15, 0.2) is 0 Å². The number of nitrogens with zero attached hydrogens (tertiary/aromatic N) is 3. The highest BCUT2D eigenvalue weighted by Crippen LogP contribution is 2.05. The van der Waals surface area contributed by atoms with Gasteiger partial charge in [-0.05, 0) is 32.5 Å². The number of unbranched alkanes of at least 4 members (excludes halogenated alkanes) is 4. The Morgan fingerprint density at radius 2 is 1.71 bits per heavy atom. The molecule has 3 heteroatoms. The number of hydrogen-bond acceptors (Lipinski definition) is 2. The van der Waals surface area contributed by atoms with Gasteiger partial charge in [-0.1, -0.05) is 33.1 Å². The second-order valence-electron chi connectivity index (χ2n) is 4.60. The lowest BCUT2D eigenvalue weighted by Crippen LogP contribution is -2.23. The van der Waals surface area contributed by atoms with Gasteiger partial charge in [0.2, 0.25) is 0 Å². The monoisotopic (exact) mass is 237 g/mol. The lowest BCUT2D eigenvalue weighted by atomic mass is 10.1. The van der Waals surface area contributed by atoms with Crippen molar-refractivity contribution in [3.05, 3.63) is 18.7 Å². The highest BCUT2D eigenvalue weighted by molar-refractivity contribution is 4.73. The fourth-order valence-corrected chi connectivity index (χ4v) is 2.12. The van der Waals surface area contributed by atoms with E-state index in [0.29, 0.717) is 0 Å². The van der Waals surface area contributed by atoms with Crippen LogP contribution in [0.3, 0.4) is 0 Å². The summed E-state index contributed by atoms with van der Waals surface area (Å²) in [5.41, 5.74) is 0. The molecule has 1 rings (SSSR count). The molecule has 1 aromatic rings. The molecule has 0 saturated carbocycles. The second kappa shape index (κ2) is 9.23. The molecule has 0 atom stereocenters. The van der Waals surface area contributed by atoms with Crippen LogP contribution in [0.4, 0.5) is 0 Å². The molecule has 3 nitrogen and oxygen atoms in total. The molecule has 0 aliphatic heterocycles. The minimum absolute atomic E-state index is 1.12. The zero-order valence-electron chi connectivity index (χ0n) is 11.4. The molecule has 0 amide bonds. The van der Waals surface area contributed by atoms with Crippen LogP contribution in [0.15, 0.2) is 18.7 Å². The Labute approximate surface area is 106 Å². The van der Waals surface area contributed by atoms with Gasteiger partial charge >= 0.3 is 0 Å². The van der Waals surface area contributed by atoms with Gasteiger partial charge in [-0.25, -0.2) is 4.98 Å². The van der Waals surface area contributed by atoms with Crippen molar-refractivity contribution in [3.8, 4) is 0 Å². The first-order chi connectivity index (χ1) is 8.36. The summed E-state index contributed by atoms with van der Waals surface area (Å²) in [7, 11) is 0. The Bertz CT molecular complexity index is 252. The maximum absolute atomic E-state index is 4.05. The number of rotatable bonds is 10. The third-order valence-electron chi connectivity index (χ3n) is 3.34. The average molecular weight is 237 g/mol. The highest BCUT2D eigenvalue weighted by Gasteiger charge is 1.98. The molecule has 98 valence electrons. The molecule has 0 N–H and O–H groups in total. The van der Waals surface area contributed by atoms with Gasteiger partial charge in [0, 0.05) is 18.9 Å². The van der Waals surface area contributed by atoms with E-state index in [0.717, 1.165) is 6.54 Å². The second-order valence-corrected chi connectivity index (χ2v) is 4.60. The van der Waals surface area contributed by atoms with Crippen LogP contribution in [0.2, 0.25) is 0 Å². The summed E-state index contributed by atoms with van der Waals surface area (Å²) in [4.78, 5) is 6.55. The van der Waals surface area contributed by atoms with Crippen LogP contribution in [0, 0.1) is 0 Å². The summed E-state index contributed by atoms with van der Waals surface area (Å²) in [5, 5.41) is 0. The first-order valence-corrected chi connectivity index (χ1v) is 7.05. The van der Waals surface area contributed by atoms with E-state index in [1.165, 1.54) is 51.7 Å². The standard InChI is InChI=1S/C14H27N3/c1-3-16(4-2)11-8-6-5-7-9-12-17-13-10-15-14-17/h10,13-14H,3-9,11-12H2,1-2H3. The lowest BCUT2D eigenvalue weighted by Gasteiger charge is -2.17. The van der Waals surface area contributed by atoms with E-state index in [4.69, 9.17) is 0 Å². The van der Waals surface area contributed by atoms with E-state index < -0.39 is 0 Å². The van der Waals surface area contributed by atoms with E-state index in [-0.39, 0.29) is 0 Å². The summed E-state index contributed by atoms with van der Waals surface area (Å²) in [5.74, 6) is 0. The van der Waals surface area contributed by atoms with Crippen molar-refractivity contribution in [2.75, 3.05) is 19.6 Å². The molecule has 0 radical (unpaired) electrons. The number of aryl methyl sites for hydroxylation is 1. The average Bonchev–Trinajstić information content (AvgIpc) is 2.86. The fourth-order valence-electron chi connectivity index (χ4n) is 2.12. The fraction of sp³-hybridized carbons (Fsp3) is 0.786. The molecular formula is C14H27N3. The van der Waals surface area contributed by atoms with Gasteiger partial charge in [0.05, 0.1) is 6.33 Å². The zero-order chi connectivity index (χ0) is 12.3. The third-order valence-corrected chi connectivity index (χ3v) is 3.34. The Morgan fingerprint density at radius 3 is 2.35 bits per heavy atom. The van der Waals surface area contributed by atoms with Crippen molar-refractivity contribution in [1.82, 2.24) is 14.5 Å². The van der Waals surface area contributed by atoms with Gasteiger partial charge in [0.1, 0.15) is 0 Å². The van der Waals surface area contributed by atoms with Gasteiger partial charge < -0.3 is 9.47 Å². The number of imidazole rings is 1. The molecule has 0 bridgehead atoms. The van der Waals surface area contributed by atoms with Crippen LogP contribution in [-0.4, -0.2) is 34.1 Å². The SMILES string of the molecule is CCN(CC)CCCCCCCn1ccnc1. The summed E-state index contributed by atoms with van der Waals surface area (Å²) in [6.07, 6.45) is 12.5. The van der Waals surface area contributed by atoms with E-state index in [2.05, 4.69) is 28.3 Å². The van der Waals surface area contributed by atoms with Crippen LogP contribution in [0.1, 0.15) is 46.0 Å². The molecule has 0 fully saturated rings. The Morgan fingerprint density at radius 1 is 1.00 bits per heavy atom. The van der Waals surface area contributed by atoms with Crippen molar-refractivity contribution >= 4 is 0 Å². The van der Waals surface area contributed by atoms with Crippen LogP contribution in [0.5, 0.6) is 0 Å². The molecule has 0 aromatic carbocycles. The molecule has 0 aliphatic rings. The minimum Gasteiger partial charge on any atom is -0.337 e. The maximum Gasteiger partial charge on any atom is 0.0945 e. The maximum atomic E-state index is 4.05. The Kier molecular flexibility index (Phi) is 7.72. The molecule has 0 unspecified atom stereocenters. The zero-order valence-corrected chi connectivity index (χ0v) is 11.4. The van der Waals surface area contributed by atoms with E-state index in [1.807, 2.05) is 18.7 Å². The van der Waals surface area contributed by atoms with Gasteiger partial charge in [-0.15, -0.1) is 0 Å². The van der Waals surface area contributed by atoms with Crippen molar-refractivity contribution < 1.29 is 0 Å². The molecule has 0 aliphatic carbocycles. The predicted octanol–water partition coefficient (Wildman–Crippen LogP) is 3.18. The summed E-state index contributed by atoms with van der Waals surface area (Å²) < 4.78 is 2.16. The van der Waals surface area contributed by atoms with Crippen molar-refractivity contribution in [2.24, 2.45) is 0 Å². The Hall–Kier alpha value is -0.830. The van der Waals surface area contributed by atoms with E-state index in [9.17, 15) is 0 Å². The van der Waals surface area contributed by atoms with Gasteiger partial charge in [0.25, 0.3) is 0 Å². The molecule has 1 heterocycles. The molecule has 0 saturated heterocycles. The van der Waals surface area contributed by atoms with Crippen LogP contribution in [-0.2, 0) is 6.54 Å². The number of hydrogen-bond donors (Lipinski definition) is 0. The normalized spacial score (nSPS) is 11.2. The van der Waals surface area contributed by atoms with Crippen LogP contribution >= 0.6 is 0 Å². The van der Waals surface area contributed by atoms with Crippen LogP contribution < -0.4 is 0 Å². The van der Waals surface area contributed by atoms with Crippen molar-refractivity contribution in [1.29, 1.82) is 0 Å².